The van der Waals surface area contributed by atoms with Crippen LogP contribution in [0, 0.1) is 5.92 Å². The molecule has 6 heteroatoms. The quantitative estimate of drug-likeness (QED) is 0.768. The van der Waals surface area contributed by atoms with Crippen molar-refractivity contribution in [2.45, 2.75) is 32.1 Å². The summed E-state index contributed by atoms with van der Waals surface area (Å²) in [4.78, 5) is 27.1. The fraction of sp³-hybridized carbons (Fsp3) is 0.600. The molecular formula is C20H28N2O4. The van der Waals surface area contributed by atoms with Crippen molar-refractivity contribution in [1.29, 1.82) is 0 Å². The molecule has 1 amide bonds. The second-order valence-electron chi connectivity index (χ2n) is 7.19. The van der Waals surface area contributed by atoms with Gasteiger partial charge in [-0.15, -0.1) is 0 Å². The lowest BCUT2D eigenvalue weighted by molar-refractivity contribution is -0.141. The van der Waals surface area contributed by atoms with Gasteiger partial charge in [-0.05, 0) is 44.0 Å². The van der Waals surface area contributed by atoms with E-state index < -0.39 is 11.9 Å². The van der Waals surface area contributed by atoms with Crippen LogP contribution in [0.5, 0.6) is 5.75 Å². The van der Waals surface area contributed by atoms with Crippen LogP contribution in [0.15, 0.2) is 24.3 Å². The Bertz CT molecular complexity index is 628. The fourth-order valence-electron chi connectivity index (χ4n) is 3.73. The van der Waals surface area contributed by atoms with Gasteiger partial charge < -0.3 is 14.7 Å². The molecule has 1 N–H and O–H groups in total. The van der Waals surface area contributed by atoms with Crippen molar-refractivity contribution >= 4 is 11.9 Å². The number of para-hydroxylation sites is 1. The SMILES string of the molecule is O=C(O)C1CC(=O)N(CCc2ccccc2OCCN2CCCCC2)C1. The van der Waals surface area contributed by atoms with Gasteiger partial charge in [0.05, 0.1) is 5.92 Å². The Morgan fingerprint density at radius 2 is 1.92 bits per heavy atom. The molecule has 0 saturated carbocycles. The van der Waals surface area contributed by atoms with Crippen molar-refractivity contribution in [1.82, 2.24) is 9.80 Å². The van der Waals surface area contributed by atoms with Gasteiger partial charge in [0.15, 0.2) is 0 Å². The Labute approximate surface area is 154 Å². The van der Waals surface area contributed by atoms with Gasteiger partial charge >= 0.3 is 5.97 Å². The fourth-order valence-corrected chi connectivity index (χ4v) is 3.73. The molecule has 0 bridgehead atoms. The van der Waals surface area contributed by atoms with Crippen molar-refractivity contribution in [3.63, 3.8) is 0 Å². The number of hydrogen-bond donors (Lipinski definition) is 1. The Hall–Kier alpha value is -2.08. The number of rotatable bonds is 8. The molecule has 142 valence electrons. The van der Waals surface area contributed by atoms with Crippen LogP contribution in [-0.2, 0) is 16.0 Å². The number of ether oxygens (including phenoxy) is 1. The highest BCUT2D eigenvalue weighted by molar-refractivity contribution is 5.86. The van der Waals surface area contributed by atoms with E-state index in [1.54, 1.807) is 4.90 Å². The normalized spacial score (nSPS) is 21.2. The predicted octanol–water partition coefficient (Wildman–Crippen LogP) is 2.03. The first-order valence-corrected chi connectivity index (χ1v) is 9.57. The number of carboxylic acid groups (broad SMARTS) is 1. The largest absolute Gasteiger partial charge is 0.492 e. The molecule has 3 rings (SSSR count). The van der Waals surface area contributed by atoms with E-state index in [2.05, 4.69) is 4.90 Å². The Morgan fingerprint density at radius 1 is 1.15 bits per heavy atom. The average molecular weight is 360 g/mol. The van der Waals surface area contributed by atoms with Crippen molar-refractivity contribution in [2.24, 2.45) is 5.92 Å². The maximum absolute atomic E-state index is 12.0. The minimum absolute atomic E-state index is 0.0686. The third-order valence-corrected chi connectivity index (χ3v) is 5.30. The van der Waals surface area contributed by atoms with Crippen LogP contribution in [0.1, 0.15) is 31.2 Å². The monoisotopic (exact) mass is 360 g/mol. The molecule has 26 heavy (non-hydrogen) atoms. The molecule has 2 aliphatic heterocycles. The topological polar surface area (TPSA) is 70.1 Å². The van der Waals surface area contributed by atoms with E-state index in [-0.39, 0.29) is 12.3 Å². The molecule has 6 nitrogen and oxygen atoms in total. The maximum Gasteiger partial charge on any atom is 0.308 e. The van der Waals surface area contributed by atoms with Crippen LogP contribution in [0.2, 0.25) is 0 Å². The van der Waals surface area contributed by atoms with Gasteiger partial charge in [-0.25, -0.2) is 0 Å². The van der Waals surface area contributed by atoms with E-state index in [0.29, 0.717) is 26.1 Å². The summed E-state index contributed by atoms with van der Waals surface area (Å²) in [6.07, 6.45) is 4.68. The number of likely N-dealkylation sites (tertiary alicyclic amines) is 2. The Balaban J connectivity index is 1.49. The van der Waals surface area contributed by atoms with Crippen LogP contribution in [0.25, 0.3) is 0 Å². The zero-order valence-electron chi connectivity index (χ0n) is 15.2. The summed E-state index contributed by atoms with van der Waals surface area (Å²) in [6.45, 7) is 4.78. The molecule has 0 aromatic heterocycles. The number of amides is 1. The van der Waals surface area contributed by atoms with Gasteiger partial charge in [-0.3, -0.25) is 14.5 Å². The number of carbonyl (C=O) groups is 2. The molecule has 2 heterocycles. The molecule has 1 atom stereocenters. The van der Waals surface area contributed by atoms with Gasteiger partial charge in [0, 0.05) is 26.1 Å². The molecule has 0 aliphatic carbocycles. The number of carboxylic acids is 1. The van der Waals surface area contributed by atoms with Crippen LogP contribution in [-0.4, -0.2) is 66.1 Å². The highest BCUT2D eigenvalue weighted by Crippen LogP contribution is 2.22. The second kappa shape index (κ2) is 9.03. The van der Waals surface area contributed by atoms with Crippen LogP contribution in [0.3, 0.4) is 0 Å². The summed E-state index contributed by atoms with van der Waals surface area (Å²) in [6, 6.07) is 7.92. The number of piperidine rings is 1. The predicted molar refractivity (Wildman–Crippen MR) is 98.3 cm³/mol. The van der Waals surface area contributed by atoms with Crippen LogP contribution in [0.4, 0.5) is 0 Å². The lowest BCUT2D eigenvalue weighted by Crippen LogP contribution is -2.33. The van der Waals surface area contributed by atoms with Gasteiger partial charge in [0.2, 0.25) is 5.91 Å². The van der Waals surface area contributed by atoms with Crippen molar-refractivity contribution in [3.8, 4) is 5.75 Å². The van der Waals surface area contributed by atoms with Gasteiger partial charge in [0.25, 0.3) is 0 Å². The van der Waals surface area contributed by atoms with E-state index in [0.717, 1.165) is 30.9 Å². The summed E-state index contributed by atoms with van der Waals surface area (Å²) in [5.41, 5.74) is 1.07. The van der Waals surface area contributed by atoms with Gasteiger partial charge in [-0.1, -0.05) is 24.6 Å². The van der Waals surface area contributed by atoms with Crippen molar-refractivity contribution < 1.29 is 19.4 Å². The van der Waals surface area contributed by atoms with E-state index in [9.17, 15) is 9.59 Å². The summed E-state index contributed by atoms with van der Waals surface area (Å²) in [5.74, 6) is -0.660. The number of benzene rings is 1. The number of hydrogen-bond acceptors (Lipinski definition) is 4. The molecule has 2 fully saturated rings. The Morgan fingerprint density at radius 3 is 2.65 bits per heavy atom. The minimum Gasteiger partial charge on any atom is -0.492 e. The summed E-state index contributed by atoms with van der Waals surface area (Å²) in [7, 11) is 0. The van der Waals surface area contributed by atoms with E-state index >= 15 is 0 Å². The first kappa shape index (κ1) is 18.7. The smallest absolute Gasteiger partial charge is 0.308 e. The summed E-state index contributed by atoms with van der Waals surface area (Å²) in [5, 5.41) is 9.08. The molecule has 0 radical (unpaired) electrons. The highest BCUT2D eigenvalue weighted by atomic mass is 16.5. The summed E-state index contributed by atoms with van der Waals surface area (Å²) < 4.78 is 6.00. The second-order valence-corrected chi connectivity index (χ2v) is 7.19. The third-order valence-electron chi connectivity index (χ3n) is 5.30. The van der Waals surface area contributed by atoms with Gasteiger partial charge in [0.1, 0.15) is 12.4 Å². The maximum atomic E-state index is 12.0. The molecule has 1 aromatic carbocycles. The molecule has 1 aromatic rings. The lowest BCUT2D eigenvalue weighted by Gasteiger charge is -2.26. The molecular weight excluding hydrogens is 332 g/mol. The van der Waals surface area contributed by atoms with E-state index in [1.165, 1.54) is 19.3 Å². The molecule has 2 saturated heterocycles. The molecule has 0 spiro atoms. The van der Waals surface area contributed by atoms with Gasteiger partial charge in [-0.2, -0.15) is 0 Å². The number of carbonyl (C=O) groups excluding carboxylic acids is 1. The van der Waals surface area contributed by atoms with Crippen molar-refractivity contribution in [3.05, 3.63) is 29.8 Å². The average Bonchev–Trinajstić information content (AvgIpc) is 3.03. The lowest BCUT2D eigenvalue weighted by atomic mass is 10.1. The van der Waals surface area contributed by atoms with E-state index in [1.807, 2.05) is 24.3 Å². The van der Waals surface area contributed by atoms with Crippen LogP contribution < -0.4 is 4.74 Å². The minimum atomic E-state index is -0.887. The van der Waals surface area contributed by atoms with Crippen molar-refractivity contribution in [2.75, 3.05) is 39.3 Å². The first-order valence-electron chi connectivity index (χ1n) is 9.57. The first-order chi connectivity index (χ1) is 12.6. The zero-order valence-corrected chi connectivity index (χ0v) is 15.2. The third kappa shape index (κ3) is 4.97. The number of nitrogens with zero attached hydrogens (tertiary/aromatic N) is 2. The van der Waals surface area contributed by atoms with E-state index in [4.69, 9.17) is 9.84 Å². The summed E-state index contributed by atoms with van der Waals surface area (Å²) >= 11 is 0. The Kier molecular flexibility index (Phi) is 6.50. The molecule has 2 aliphatic rings. The number of aliphatic carboxylic acids is 1. The highest BCUT2D eigenvalue weighted by Gasteiger charge is 2.33. The van der Waals surface area contributed by atoms with Crippen LogP contribution >= 0.6 is 0 Å². The molecule has 1 unspecified atom stereocenters. The standard InChI is InChI=1S/C20H28N2O4/c23-19-14-17(20(24)25)15-22(19)11-8-16-6-2-3-7-18(16)26-13-12-21-9-4-1-5-10-21/h2-3,6-7,17H,1,4-5,8-15H2,(H,24,25). The zero-order chi connectivity index (χ0) is 18.4.